The summed E-state index contributed by atoms with van der Waals surface area (Å²) in [6.45, 7) is 8.23. The fourth-order valence-electron chi connectivity index (χ4n) is 3.59. The van der Waals surface area contributed by atoms with Crippen molar-refractivity contribution in [2.75, 3.05) is 7.11 Å². The van der Waals surface area contributed by atoms with E-state index in [0.717, 1.165) is 35.3 Å². The Kier molecular flexibility index (Phi) is 5.61. The maximum atomic E-state index is 6.45. The van der Waals surface area contributed by atoms with Gasteiger partial charge in [0.1, 0.15) is 5.52 Å². The summed E-state index contributed by atoms with van der Waals surface area (Å²) >= 11 is 6.45. The Morgan fingerprint density at radius 2 is 1.85 bits per heavy atom. The average molecular weight is 388 g/mol. The maximum Gasteiger partial charge on any atom is 0.302 e. The number of hydrogen-bond donors (Lipinski definition) is 0. The van der Waals surface area contributed by atoms with Crippen LogP contribution in [0.4, 0.5) is 0 Å². The molecule has 5 nitrogen and oxygen atoms in total. The number of halogens is 1. The molecule has 0 amide bonds. The van der Waals surface area contributed by atoms with Crippen molar-refractivity contribution in [3.63, 3.8) is 0 Å². The number of ether oxygens (including phenoxy) is 2. The van der Waals surface area contributed by atoms with Gasteiger partial charge in [-0.25, -0.2) is 0 Å². The van der Waals surface area contributed by atoms with Gasteiger partial charge < -0.3 is 9.47 Å². The molecule has 3 aromatic rings. The normalized spacial score (nSPS) is 11.4. The summed E-state index contributed by atoms with van der Waals surface area (Å²) in [5, 5.41) is 0.621. The van der Waals surface area contributed by atoms with Crippen molar-refractivity contribution >= 4 is 22.6 Å². The van der Waals surface area contributed by atoms with Gasteiger partial charge in [0.15, 0.2) is 11.5 Å². The fourth-order valence-corrected chi connectivity index (χ4v) is 3.79. The monoisotopic (exact) mass is 387 g/mol. The summed E-state index contributed by atoms with van der Waals surface area (Å²) in [7, 11) is 3.58. The molecule has 2 heterocycles. The maximum absolute atomic E-state index is 6.45. The van der Waals surface area contributed by atoms with E-state index in [4.69, 9.17) is 21.1 Å². The first kappa shape index (κ1) is 19.5. The van der Waals surface area contributed by atoms with Crippen molar-refractivity contribution < 1.29 is 9.47 Å². The van der Waals surface area contributed by atoms with Crippen LogP contribution in [0.25, 0.3) is 11.0 Å². The highest BCUT2D eigenvalue weighted by Gasteiger charge is 2.21. The summed E-state index contributed by atoms with van der Waals surface area (Å²) in [6, 6.07) is 6.35. The summed E-state index contributed by atoms with van der Waals surface area (Å²) < 4.78 is 13.6. The minimum atomic E-state index is 0.449. The zero-order valence-electron chi connectivity index (χ0n) is 16.8. The smallest absolute Gasteiger partial charge is 0.302 e. The minimum Gasteiger partial charge on any atom is -0.493 e. The van der Waals surface area contributed by atoms with E-state index in [1.54, 1.807) is 7.11 Å². The molecule has 6 heteroatoms. The van der Waals surface area contributed by atoms with E-state index in [9.17, 15) is 0 Å². The van der Waals surface area contributed by atoms with Gasteiger partial charge in [-0.05, 0) is 44.2 Å². The molecule has 1 aromatic carbocycles. The predicted molar refractivity (Wildman–Crippen MR) is 109 cm³/mol. The van der Waals surface area contributed by atoms with Gasteiger partial charge in [0, 0.05) is 18.8 Å². The van der Waals surface area contributed by atoms with Crippen LogP contribution in [0.5, 0.6) is 17.5 Å². The number of fused-ring (bicyclic) bond motifs is 1. The molecule has 0 bridgehead atoms. The van der Waals surface area contributed by atoms with Crippen LogP contribution in [0.3, 0.4) is 0 Å². The molecule has 0 unspecified atom stereocenters. The Balaban J connectivity index is 2.16. The van der Waals surface area contributed by atoms with Crippen molar-refractivity contribution in [1.82, 2.24) is 14.5 Å². The number of aryl methyl sites for hydroxylation is 3. The first-order chi connectivity index (χ1) is 12.9. The summed E-state index contributed by atoms with van der Waals surface area (Å²) in [4.78, 5) is 9.17. The molecule has 0 aliphatic rings. The first-order valence-corrected chi connectivity index (χ1v) is 9.63. The van der Waals surface area contributed by atoms with E-state index >= 15 is 0 Å². The number of imidazole rings is 1. The third-order valence-electron chi connectivity index (χ3n) is 5.04. The number of rotatable bonds is 6. The van der Waals surface area contributed by atoms with Crippen molar-refractivity contribution in [2.45, 2.75) is 46.5 Å². The molecule has 0 aliphatic carbocycles. The first-order valence-electron chi connectivity index (χ1n) is 9.26. The van der Waals surface area contributed by atoms with Crippen molar-refractivity contribution in [3.8, 4) is 17.5 Å². The van der Waals surface area contributed by atoms with E-state index in [2.05, 4.69) is 29.9 Å². The second-order valence-corrected chi connectivity index (χ2v) is 7.19. The van der Waals surface area contributed by atoms with E-state index in [1.807, 2.05) is 37.6 Å². The number of aromatic nitrogens is 3. The van der Waals surface area contributed by atoms with Crippen LogP contribution in [-0.2, 0) is 7.05 Å². The highest BCUT2D eigenvalue weighted by molar-refractivity contribution is 6.35. The molecule has 2 aromatic heterocycles. The lowest BCUT2D eigenvalue weighted by Gasteiger charge is -2.16. The number of hydrogen-bond acceptors (Lipinski definition) is 4. The van der Waals surface area contributed by atoms with Crippen LogP contribution in [0.2, 0.25) is 5.02 Å². The van der Waals surface area contributed by atoms with E-state index in [0.29, 0.717) is 28.5 Å². The molecule has 0 N–H and O–H groups in total. The second kappa shape index (κ2) is 7.77. The van der Waals surface area contributed by atoms with Gasteiger partial charge in [-0.15, -0.1) is 0 Å². The molecule has 0 atom stereocenters. The molecule has 0 saturated carbocycles. The fraction of sp³-hybridized carbons (Fsp3) is 0.429. The standard InChI is InChI=1S/C21H26ClN3O2/c1-7-14(8-2)15-9-10-16(22)18-19(15)25(5)21(24-18)27-20-13(4)23-12(3)11-17(20)26-6/h9-11,14H,7-8H2,1-6H3. The predicted octanol–water partition coefficient (Wildman–Crippen LogP) is 5.94. The van der Waals surface area contributed by atoms with Crippen LogP contribution in [0, 0.1) is 13.8 Å². The Morgan fingerprint density at radius 1 is 1.15 bits per heavy atom. The highest BCUT2D eigenvalue weighted by Crippen LogP contribution is 2.39. The Morgan fingerprint density at radius 3 is 2.48 bits per heavy atom. The van der Waals surface area contributed by atoms with Crippen LogP contribution in [0.15, 0.2) is 18.2 Å². The number of nitrogens with zero attached hydrogens (tertiary/aromatic N) is 3. The van der Waals surface area contributed by atoms with Crippen LogP contribution in [0.1, 0.15) is 49.6 Å². The minimum absolute atomic E-state index is 0.449. The molecular formula is C21H26ClN3O2. The van der Waals surface area contributed by atoms with E-state index in [1.165, 1.54) is 5.56 Å². The number of pyridine rings is 1. The molecule has 27 heavy (non-hydrogen) atoms. The van der Waals surface area contributed by atoms with Gasteiger partial charge in [-0.2, -0.15) is 4.98 Å². The number of benzene rings is 1. The largest absolute Gasteiger partial charge is 0.493 e. The highest BCUT2D eigenvalue weighted by atomic mass is 35.5. The summed E-state index contributed by atoms with van der Waals surface area (Å²) in [5.41, 5.74) is 4.65. The summed E-state index contributed by atoms with van der Waals surface area (Å²) in [6.07, 6.45) is 2.12. The zero-order chi connectivity index (χ0) is 19.7. The van der Waals surface area contributed by atoms with Gasteiger partial charge in [0.05, 0.1) is 23.3 Å². The van der Waals surface area contributed by atoms with Crippen molar-refractivity contribution in [1.29, 1.82) is 0 Å². The van der Waals surface area contributed by atoms with Crippen molar-refractivity contribution in [2.24, 2.45) is 7.05 Å². The summed E-state index contributed by atoms with van der Waals surface area (Å²) in [5.74, 6) is 1.66. The van der Waals surface area contributed by atoms with Crippen LogP contribution >= 0.6 is 11.6 Å². The third-order valence-corrected chi connectivity index (χ3v) is 5.34. The molecule has 0 aliphatic heterocycles. The average Bonchev–Trinajstić information content (AvgIpc) is 2.97. The molecule has 0 spiro atoms. The molecule has 0 fully saturated rings. The molecule has 3 rings (SSSR count). The topological polar surface area (TPSA) is 49.2 Å². The van der Waals surface area contributed by atoms with Crippen molar-refractivity contribution in [3.05, 3.63) is 40.2 Å². The van der Waals surface area contributed by atoms with E-state index < -0.39 is 0 Å². The molecule has 0 saturated heterocycles. The van der Waals surface area contributed by atoms with Gasteiger partial charge in [-0.1, -0.05) is 31.5 Å². The van der Waals surface area contributed by atoms with Gasteiger partial charge >= 0.3 is 6.01 Å². The Bertz CT molecular complexity index is 977. The lowest BCUT2D eigenvalue weighted by molar-refractivity contribution is 0.359. The molecule has 0 radical (unpaired) electrons. The van der Waals surface area contributed by atoms with Gasteiger partial charge in [0.25, 0.3) is 0 Å². The van der Waals surface area contributed by atoms with Gasteiger partial charge in [-0.3, -0.25) is 9.55 Å². The Hall–Kier alpha value is -2.27. The zero-order valence-corrected chi connectivity index (χ0v) is 17.5. The number of methoxy groups -OCH3 is 1. The van der Waals surface area contributed by atoms with Gasteiger partial charge in [0.2, 0.25) is 0 Å². The van der Waals surface area contributed by atoms with E-state index in [-0.39, 0.29) is 0 Å². The Labute approximate surface area is 165 Å². The molecular weight excluding hydrogens is 362 g/mol. The molecule has 144 valence electrons. The quantitative estimate of drug-likeness (QED) is 0.524. The lowest BCUT2D eigenvalue weighted by Crippen LogP contribution is -2.02. The second-order valence-electron chi connectivity index (χ2n) is 6.78. The SMILES string of the molecule is CCC(CC)c1ccc(Cl)c2nc(Oc3c(OC)cc(C)nc3C)n(C)c12. The van der Waals surface area contributed by atoms with Crippen LogP contribution < -0.4 is 9.47 Å². The lowest BCUT2D eigenvalue weighted by atomic mass is 9.93. The third kappa shape index (κ3) is 3.48. The van der Waals surface area contributed by atoms with Crippen LogP contribution in [-0.4, -0.2) is 21.6 Å².